The molecular formula is C9H17N3O2. The summed E-state index contributed by atoms with van der Waals surface area (Å²) in [6.45, 7) is 4.04. The molecule has 3 N–H and O–H groups in total. The molecule has 80 valence electrons. The third-order valence-electron chi connectivity index (χ3n) is 2.09. The maximum absolute atomic E-state index is 11.3. The van der Waals surface area contributed by atoms with E-state index in [9.17, 15) is 9.59 Å². The molecule has 1 atom stereocenters. The summed E-state index contributed by atoms with van der Waals surface area (Å²) < 4.78 is 0. The van der Waals surface area contributed by atoms with Crippen molar-refractivity contribution in [3.8, 4) is 0 Å². The number of hydrogen-bond donors (Lipinski definition) is 3. The standard InChI is InChI=1S/C9H17N3O2/c1-2-3-11-8(13)6-7-9(14)12-5-4-10-7/h7,10H,2-6H2,1H3,(H,11,13)(H,12,14)/t7-/m1/s1. The van der Waals surface area contributed by atoms with Crippen molar-refractivity contribution in [2.75, 3.05) is 19.6 Å². The molecule has 0 aromatic heterocycles. The van der Waals surface area contributed by atoms with E-state index in [2.05, 4.69) is 16.0 Å². The lowest BCUT2D eigenvalue weighted by molar-refractivity contribution is -0.129. The van der Waals surface area contributed by atoms with Crippen LogP contribution < -0.4 is 16.0 Å². The first kappa shape index (κ1) is 11.0. The molecule has 0 radical (unpaired) electrons. The number of rotatable bonds is 4. The summed E-state index contributed by atoms with van der Waals surface area (Å²) in [4.78, 5) is 22.5. The average molecular weight is 199 g/mol. The van der Waals surface area contributed by atoms with Gasteiger partial charge in [0.1, 0.15) is 0 Å². The fraction of sp³-hybridized carbons (Fsp3) is 0.778. The average Bonchev–Trinajstić information content (AvgIpc) is 2.18. The van der Waals surface area contributed by atoms with Crippen LogP contribution in [0.25, 0.3) is 0 Å². The van der Waals surface area contributed by atoms with Crippen LogP contribution in [-0.4, -0.2) is 37.5 Å². The zero-order chi connectivity index (χ0) is 10.4. The van der Waals surface area contributed by atoms with Crippen LogP contribution in [0.15, 0.2) is 0 Å². The highest BCUT2D eigenvalue weighted by Gasteiger charge is 2.23. The highest BCUT2D eigenvalue weighted by molar-refractivity contribution is 5.88. The summed E-state index contributed by atoms with van der Waals surface area (Å²) in [5.74, 6) is -0.149. The van der Waals surface area contributed by atoms with Crippen LogP contribution in [0.3, 0.4) is 0 Å². The van der Waals surface area contributed by atoms with Gasteiger partial charge in [0.2, 0.25) is 11.8 Å². The van der Waals surface area contributed by atoms with Crippen LogP contribution in [0.2, 0.25) is 0 Å². The van der Waals surface area contributed by atoms with Crippen LogP contribution in [-0.2, 0) is 9.59 Å². The zero-order valence-electron chi connectivity index (χ0n) is 8.43. The molecule has 5 heteroatoms. The molecule has 14 heavy (non-hydrogen) atoms. The minimum Gasteiger partial charge on any atom is -0.356 e. The predicted octanol–water partition coefficient (Wildman–Crippen LogP) is -1.01. The Morgan fingerprint density at radius 2 is 2.36 bits per heavy atom. The van der Waals surface area contributed by atoms with Gasteiger partial charge in [-0.2, -0.15) is 0 Å². The van der Waals surface area contributed by atoms with Crippen LogP contribution in [0.1, 0.15) is 19.8 Å². The van der Waals surface area contributed by atoms with Crippen molar-refractivity contribution in [1.29, 1.82) is 0 Å². The first-order valence-electron chi connectivity index (χ1n) is 5.02. The molecule has 0 spiro atoms. The van der Waals surface area contributed by atoms with Crippen molar-refractivity contribution in [3.63, 3.8) is 0 Å². The second-order valence-electron chi connectivity index (χ2n) is 3.35. The van der Waals surface area contributed by atoms with E-state index in [0.717, 1.165) is 13.0 Å². The van der Waals surface area contributed by atoms with Gasteiger partial charge in [0.25, 0.3) is 0 Å². The second-order valence-corrected chi connectivity index (χ2v) is 3.35. The summed E-state index contributed by atoms with van der Waals surface area (Å²) >= 11 is 0. The van der Waals surface area contributed by atoms with E-state index >= 15 is 0 Å². The Hall–Kier alpha value is -1.10. The Morgan fingerprint density at radius 3 is 3.00 bits per heavy atom. The molecule has 1 saturated heterocycles. The maximum Gasteiger partial charge on any atom is 0.237 e. The number of amides is 2. The minimum absolute atomic E-state index is 0.0681. The molecule has 0 aromatic carbocycles. The molecular weight excluding hydrogens is 182 g/mol. The van der Waals surface area contributed by atoms with Crippen LogP contribution >= 0.6 is 0 Å². The van der Waals surface area contributed by atoms with Gasteiger partial charge in [-0.25, -0.2) is 0 Å². The van der Waals surface area contributed by atoms with E-state index in [1.54, 1.807) is 0 Å². The van der Waals surface area contributed by atoms with Gasteiger partial charge in [0.05, 0.1) is 12.5 Å². The second kappa shape index (κ2) is 5.59. The summed E-state index contributed by atoms with van der Waals surface area (Å²) in [7, 11) is 0. The molecule has 0 aromatic rings. The van der Waals surface area contributed by atoms with Gasteiger partial charge in [-0.05, 0) is 6.42 Å². The highest BCUT2D eigenvalue weighted by Crippen LogP contribution is 1.95. The third kappa shape index (κ3) is 3.33. The SMILES string of the molecule is CCCNC(=O)C[C@H]1NCCNC1=O. The predicted molar refractivity (Wildman–Crippen MR) is 52.7 cm³/mol. The van der Waals surface area contributed by atoms with Gasteiger partial charge in [-0.15, -0.1) is 0 Å². The molecule has 1 fully saturated rings. The summed E-state index contributed by atoms with van der Waals surface area (Å²) in [6.07, 6.45) is 1.14. The van der Waals surface area contributed by atoms with Crippen molar-refractivity contribution >= 4 is 11.8 Å². The molecule has 1 aliphatic heterocycles. The van der Waals surface area contributed by atoms with E-state index < -0.39 is 0 Å². The Bertz CT molecular complexity index is 218. The lowest BCUT2D eigenvalue weighted by Gasteiger charge is -2.22. The van der Waals surface area contributed by atoms with E-state index in [1.165, 1.54) is 0 Å². The minimum atomic E-state index is -0.361. The summed E-state index contributed by atoms with van der Waals surface area (Å²) in [5, 5.41) is 8.46. The van der Waals surface area contributed by atoms with Gasteiger partial charge < -0.3 is 16.0 Å². The fourth-order valence-corrected chi connectivity index (χ4v) is 1.33. The van der Waals surface area contributed by atoms with E-state index in [-0.39, 0.29) is 24.3 Å². The molecule has 5 nitrogen and oxygen atoms in total. The smallest absolute Gasteiger partial charge is 0.237 e. The topological polar surface area (TPSA) is 70.2 Å². The normalized spacial score (nSPS) is 21.5. The van der Waals surface area contributed by atoms with Gasteiger partial charge >= 0.3 is 0 Å². The third-order valence-corrected chi connectivity index (χ3v) is 2.09. The Labute approximate surface area is 83.6 Å². The summed E-state index contributed by atoms with van der Waals surface area (Å²) in [6, 6.07) is -0.361. The summed E-state index contributed by atoms with van der Waals surface area (Å²) in [5.41, 5.74) is 0. The van der Waals surface area contributed by atoms with Gasteiger partial charge in [-0.3, -0.25) is 9.59 Å². The Morgan fingerprint density at radius 1 is 1.57 bits per heavy atom. The monoisotopic (exact) mass is 199 g/mol. The number of nitrogens with one attached hydrogen (secondary N) is 3. The number of hydrogen-bond acceptors (Lipinski definition) is 3. The van der Waals surface area contributed by atoms with E-state index in [4.69, 9.17) is 0 Å². The molecule has 0 aliphatic carbocycles. The van der Waals surface area contributed by atoms with Gasteiger partial charge in [0.15, 0.2) is 0 Å². The zero-order valence-corrected chi connectivity index (χ0v) is 8.43. The van der Waals surface area contributed by atoms with E-state index in [1.807, 2.05) is 6.92 Å². The van der Waals surface area contributed by atoms with Gasteiger partial charge in [-0.1, -0.05) is 6.92 Å². The van der Waals surface area contributed by atoms with E-state index in [0.29, 0.717) is 13.1 Å². The van der Waals surface area contributed by atoms with Crippen molar-refractivity contribution in [1.82, 2.24) is 16.0 Å². The van der Waals surface area contributed by atoms with Gasteiger partial charge in [0, 0.05) is 19.6 Å². The number of carbonyl (C=O) groups excluding carboxylic acids is 2. The Balaban J connectivity index is 2.27. The van der Waals surface area contributed by atoms with Crippen LogP contribution in [0.5, 0.6) is 0 Å². The fourth-order valence-electron chi connectivity index (χ4n) is 1.33. The molecule has 0 bridgehead atoms. The molecule has 1 aliphatic rings. The molecule has 0 unspecified atom stereocenters. The first-order chi connectivity index (χ1) is 6.74. The Kier molecular flexibility index (Phi) is 4.39. The first-order valence-corrected chi connectivity index (χ1v) is 5.02. The van der Waals surface area contributed by atoms with Crippen LogP contribution in [0.4, 0.5) is 0 Å². The quantitative estimate of drug-likeness (QED) is 0.543. The molecule has 1 heterocycles. The number of carbonyl (C=O) groups is 2. The molecule has 1 rings (SSSR count). The van der Waals surface area contributed by atoms with Crippen molar-refractivity contribution < 1.29 is 9.59 Å². The largest absolute Gasteiger partial charge is 0.356 e. The molecule has 0 saturated carbocycles. The van der Waals surface area contributed by atoms with Crippen molar-refractivity contribution in [2.45, 2.75) is 25.8 Å². The van der Waals surface area contributed by atoms with Crippen LogP contribution in [0, 0.1) is 0 Å². The lowest BCUT2D eigenvalue weighted by atomic mass is 10.1. The van der Waals surface area contributed by atoms with Crippen molar-refractivity contribution in [3.05, 3.63) is 0 Å². The lowest BCUT2D eigenvalue weighted by Crippen LogP contribution is -2.54. The number of piperazine rings is 1. The maximum atomic E-state index is 11.3. The molecule has 2 amide bonds. The van der Waals surface area contributed by atoms with Crippen molar-refractivity contribution in [2.24, 2.45) is 0 Å². The highest BCUT2D eigenvalue weighted by atomic mass is 16.2.